The van der Waals surface area contributed by atoms with Crippen LogP contribution in [-0.2, 0) is 10.0 Å². The minimum absolute atomic E-state index is 0.116. The molecule has 0 amide bonds. The zero-order valence-electron chi connectivity index (χ0n) is 21.0. The van der Waals surface area contributed by atoms with Crippen molar-refractivity contribution in [2.75, 3.05) is 61.3 Å². The van der Waals surface area contributed by atoms with Gasteiger partial charge in [0.2, 0.25) is 16.0 Å². The number of piperazine rings is 1. The molecule has 4 heterocycles. The number of nitrogens with one attached hydrogen (secondary N) is 3. The van der Waals surface area contributed by atoms with Crippen molar-refractivity contribution in [2.45, 2.75) is 31.2 Å². The van der Waals surface area contributed by atoms with Crippen LogP contribution in [0.15, 0.2) is 41.3 Å². The van der Waals surface area contributed by atoms with Gasteiger partial charge in [-0.2, -0.15) is 19.4 Å². The maximum atomic E-state index is 13.1. The van der Waals surface area contributed by atoms with Crippen molar-refractivity contribution >= 4 is 45.0 Å². The molecule has 11 nitrogen and oxygen atoms in total. The van der Waals surface area contributed by atoms with Gasteiger partial charge in [0.25, 0.3) is 0 Å². The maximum absolute atomic E-state index is 13.1. The van der Waals surface area contributed by atoms with Crippen LogP contribution in [-0.4, -0.2) is 89.6 Å². The van der Waals surface area contributed by atoms with E-state index in [4.69, 9.17) is 16.6 Å². The maximum Gasteiger partial charge on any atom is 0.243 e. The molecule has 2 aliphatic rings. The minimum atomic E-state index is -3.60. The van der Waals surface area contributed by atoms with Crippen molar-refractivity contribution < 1.29 is 8.42 Å². The molecule has 37 heavy (non-hydrogen) atoms. The van der Waals surface area contributed by atoms with Crippen LogP contribution in [0.5, 0.6) is 0 Å². The van der Waals surface area contributed by atoms with Crippen LogP contribution in [0.25, 0.3) is 0 Å². The first kappa shape index (κ1) is 25.7. The minimum Gasteiger partial charge on any atom is -0.354 e. The molecule has 0 unspecified atom stereocenters. The predicted octanol–water partition coefficient (Wildman–Crippen LogP) is 2.92. The number of sulfonamides is 1. The molecule has 0 saturated carbocycles. The lowest BCUT2D eigenvalue weighted by molar-refractivity contribution is 0.270. The number of rotatable bonds is 8. The predicted molar refractivity (Wildman–Crippen MR) is 145 cm³/mol. The summed E-state index contributed by atoms with van der Waals surface area (Å²) < 4.78 is 27.7. The van der Waals surface area contributed by atoms with Gasteiger partial charge in [-0.25, -0.2) is 8.42 Å². The number of hydrogen-bond acceptors (Lipinski definition) is 9. The highest BCUT2D eigenvalue weighted by Gasteiger charge is 2.33. The molecule has 198 valence electrons. The summed E-state index contributed by atoms with van der Waals surface area (Å²) in [6, 6.07) is 9.99. The number of likely N-dealkylation sites (N-methyl/N-ethyl adjacent to an activating group) is 1. The highest BCUT2D eigenvalue weighted by atomic mass is 35.5. The van der Waals surface area contributed by atoms with Crippen molar-refractivity contribution in [1.82, 2.24) is 29.4 Å². The second kappa shape index (κ2) is 10.8. The number of aromatic nitrogens is 4. The Morgan fingerprint density at radius 2 is 1.81 bits per heavy atom. The van der Waals surface area contributed by atoms with Crippen LogP contribution in [0.4, 0.5) is 23.4 Å². The first-order valence-electron chi connectivity index (χ1n) is 12.5. The molecule has 3 N–H and O–H groups in total. The molecule has 2 aromatic heterocycles. The van der Waals surface area contributed by atoms with E-state index in [1.54, 1.807) is 12.1 Å². The first-order chi connectivity index (χ1) is 17.8. The summed E-state index contributed by atoms with van der Waals surface area (Å²) in [4.78, 5) is 14.4. The number of H-pyrrole nitrogens is 1. The van der Waals surface area contributed by atoms with E-state index in [0.29, 0.717) is 42.1 Å². The Morgan fingerprint density at radius 3 is 2.49 bits per heavy atom. The number of aryl methyl sites for hydroxylation is 1. The smallest absolute Gasteiger partial charge is 0.243 e. The van der Waals surface area contributed by atoms with Gasteiger partial charge in [-0.05, 0) is 44.2 Å². The highest BCUT2D eigenvalue weighted by molar-refractivity contribution is 7.89. The number of nitrogens with zero attached hydrogens (tertiary/aromatic N) is 6. The number of anilines is 4. The lowest BCUT2D eigenvalue weighted by atomic mass is 10.3. The van der Waals surface area contributed by atoms with Crippen molar-refractivity contribution in [3.05, 3.63) is 47.1 Å². The largest absolute Gasteiger partial charge is 0.354 e. The average molecular weight is 546 g/mol. The Kier molecular flexibility index (Phi) is 7.52. The van der Waals surface area contributed by atoms with Gasteiger partial charge in [0.05, 0.1) is 4.90 Å². The van der Waals surface area contributed by atoms with Gasteiger partial charge in [-0.3, -0.25) is 5.10 Å². The molecule has 1 aromatic carbocycles. The Hall–Kier alpha value is -2.93. The lowest BCUT2D eigenvalue weighted by Gasteiger charge is -2.35. The topological polar surface area (TPSA) is 122 Å². The van der Waals surface area contributed by atoms with Crippen LogP contribution in [0.1, 0.15) is 19.0 Å². The SMILES string of the molecule is CCN1CCN(c2cc(Nc3cc(C)[nH]n3)nc(N[C@H]3CCN(S(=O)(=O)c4ccc(Cl)cc4)C3)n2)CC1. The number of halogens is 1. The fraction of sp³-hybridized carbons (Fsp3) is 0.458. The van der Waals surface area contributed by atoms with Gasteiger partial charge in [-0.15, -0.1) is 0 Å². The van der Waals surface area contributed by atoms with Crippen molar-refractivity contribution in [3.63, 3.8) is 0 Å². The molecule has 3 aromatic rings. The van der Waals surface area contributed by atoms with Gasteiger partial charge in [0, 0.05) is 68.2 Å². The van der Waals surface area contributed by atoms with Gasteiger partial charge in [0.1, 0.15) is 11.6 Å². The van der Waals surface area contributed by atoms with Crippen LogP contribution < -0.4 is 15.5 Å². The van der Waals surface area contributed by atoms with Crippen LogP contribution in [0.3, 0.4) is 0 Å². The Morgan fingerprint density at radius 1 is 1.05 bits per heavy atom. The first-order valence-corrected chi connectivity index (χ1v) is 14.3. The summed E-state index contributed by atoms with van der Waals surface area (Å²) in [5.41, 5.74) is 0.943. The van der Waals surface area contributed by atoms with E-state index in [-0.39, 0.29) is 10.9 Å². The molecule has 13 heteroatoms. The van der Waals surface area contributed by atoms with E-state index in [1.165, 1.54) is 16.4 Å². The van der Waals surface area contributed by atoms with Crippen molar-refractivity contribution in [1.29, 1.82) is 0 Å². The third-order valence-electron chi connectivity index (χ3n) is 6.75. The van der Waals surface area contributed by atoms with E-state index in [9.17, 15) is 8.42 Å². The quantitative estimate of drug-likeness (QED) is 0.392. The highest BCUT2D eigenvalue weighted by Crippen LogP contribution is 2.26. The van der Waals surface area contributed by atoms with E-state index >= 15 is 0 Å². The Bertz CT molecular complexity index is 1320. The van der Waals surface area contributed by atoms with Crippen LogP contribution >= 0.6 is 11.6 Å². The summed E-state index contributed by atoms with van der Waals surface area (Å²) >= 11 is 5.93. The summed E-state index contributed by atoms with van der Waals surface area (Å²) in [6.45, 7) is 9.60. The fourth-order valence-corrected chi connectivity index (χ4v) is 6.26. The van der Waals surface area contributed by atoms with Gasteiger partial charge < -0.3 is 20.4 Å². The monoisotopic (exact) mass is 545 g/mol. The molecule has 2 fully saturated rings. The van der Waals surface area contributed by atoms with Crippen LogP contribution in [0.2, 0.25) is 5.02 Å². The van der Waals surface area contributed by atoms with Crippen molar-refractivity contribution in [2.24, 2.45) is 0 Å². The summed E-state index contributed by atoms with van der Waals surface area (Å²) in [7, 11) is -3.60. The molecular weight excluding hydrogens is 514 g/mol. The Labute approximate surface area is 222 Å². The van der Waals surface area contributed by atoms with E-state index in [1.807, 2.05) is 19.1 Å². The molecule has 2 aliphatic heterocycles. The number of benzene rings is 1. The summed E-state index contributed by atoms with van der Waals surface area (Å²) in [5, 5.41) is 14.3. The zero-order valence-corrected chi connectivity index (χ0v) is 22.6. The Balaban J connectivity index is 1.33. The van der Waals surface area contributed by atoms with Gasteiger partial charge in [-0.1, -0.05) is 18.5 Å². The zero-order chi connectivity index (χ0) is 26.0. The summed E-state index contributed by atoms with van der Waals surface area (Å²) in [5.74, 6) is 2.58. The lowest BCUT2D eigenvalue weighted by Crippen LogP contribution is -2.46. The molecule has 2 saturated heterocycles. The third-order valence-corrected chi connectivity index (χ3v) is 8.89. The standard InChI is InChI=1S/C24H32ClN9O2S/c1-3-32-10-12-33(13-11-32)23-15-21(27-22-14-17(2)30-31-22)28-24(29-23)26-19-8-9-34(16-19)37(35,36)20-6-4-18(25)5-7-20/h4-7,14-15,19H,3,8-13,16H2,1-2H3,(H3,26,27,28,29,30,31)/t19-/m0/s1. The molecular formula is C24H32ClN9O2S. The third kappa shape index (κ3) is 5.98. The van der Waals surface area contributed by atoms with Crippen LogP contribution in [0, 0.1) is 6.92 Å². The van der Waals surface area contributed by atoms with Crippen molar-refractivity contribution in [3.8, 4) is 0 Å². The molecule has 0 aliphatic carbocycles. The second-order valence-corrected chi connectivity index (χ2v) is 11.7. The molecule has 0 spiro atoms. The van der Waals surface area contributed by atoms with Gasteiger partial charge in [0.15, 0.2) is 5.82 Å². The van der Waals surface area contributed by atoms with E-state index < -0.39 is 10.0 Å². The molecule has 5 rings (SSSR count). The molecule has 0 bridgehead atoms. The summed E-state index contributed by atoms with van der Waals surface area (Å²) in [6.07, 6.45) is 0.650. The molecule has 0 radical (unpaired) electrons. The second-order valence-electron chi connectivity index (χ2n) is 9.36. The van der Waals surface area contributed by atoms with E-state index in [0.717, 1.165) is 44.2 Å². The number of aromatic amines is 1. The van der Waals surface area contributed by atoms with Gasteiger partial charge >= 0.3 is 0 Å². The normalized spacial score (nSPS) is 19.3. The molecule has 1 atom stereocenters. The fourth-order valence-electron chi connectivity index (χ4n) is 4.63. The average Bonchev–Trinajstić information content (AvgIpc) is 3.53. The number of hydrogen-bond donors (Lipinski definition) is 3. The van der Waals surface area contributed by atoms with E-state index in [2.05, 4.69) is 42.5 Å².